The summed E-state index contributed by atoms with van der Waals surface area (Å²) in [6.45, 7) is 0. The van der Waals surface area contributed by atoms with E-state index in [9.17, 15) is 14.9 Å². The van der Waals surface area contributed by atoms with Crippen LogP contribution in [0.1, 0.15) is 10.4 Å². The van der Waals surface area contributed by atoms with Crippen LogP contribution in [-0.2, 0) is 0 Å². The van der Waals surface area contributed by atoms with E-state index in [1.807, 2.05) is 0 Å². The monoisotopic (exact) mass is 302 g/mol. The maximum Gasteiger partial charge on any atom is 0.273 e. The Bertz CT molecular complexity index is 715. The highest BCUT2D eigenvalue weighted by Gasteiger charge is 2.13. The Balaban J connectivity index is 2.32. The third-order valence-corrected chi connectivity index (χ3v) is 2.91. The van der Waals surface area contributed by atoms with Crippen molar-refractivity contribution in [2.45, 2.75) is 0 Å². The maximum atomic E-state index is 11.8. The molecule has 2 rings (SSSR count). The number of carbonyl (C=O) groups excluding carboxylic acids is 1. The predicted octanol–water partition coefficient (Wildman–Crippen LogP) is 2.76. The summed E-state index contributed by atoms with van der Waals surface area (Å²) in [5, 5.41) is 13.3. The number of nitro groups is 1. The Hall–Kier alpha value is -3.09. The number of amides is 1. The topological polar surface area (TPSA) is 90.7 Å². The summed E-state index contributed by atoms with van der Waals surface area (Å²) >= 11 is 0. The van der Waals surface area contributed by atoms with Crippen LogP contribution in [0.15, 0.2) is 42.5 Å². The van der Waals surface area contributed by atoms with Crippen molar-refractivity contribution in [2.24, 2.45) is 0 Å². The van der Waals surface area contributed by atoms with Gasteiger partial charge in [-0.15, -0.1) is 0 Å². The van der Waals surface area contributed by atoms with Crippen molar-refractivity contribution in [3.8, 4) is 17.2 Å². The number of benzene rings is 2. The quantitative estimate of drug-likeness (QED) is 0.677. The zero-order valence-corrected chi connectivity index (χ0v) is 12.0. The van der Waals surface area contributed by atoms with Crippen LogP contribution in [0.5, 0.6) is 17.2 Å². The van der Waals surface area contributed by atoms with E-state index in [0.717, 1.165) is 0 Å². The lowest BCUT2D eigenvalue weighted by Crippen LogP contribution is -2.18. The first-order valence-corrected chi connectivity index (χ1v) is 6.37. The predicted molar refractivity (Wildman–Crippen MR) is 79.6 cm³/mol. The van der Waals surface area contributed by atoms with Crippen molar-refractivity contribution in [3.63, 3.8) is 0 Å². The molecule has 0 aromatic heterocycles. The van der Waals surface area contributed by atoms with E-state index in [1.165, 1.54) is 38.4 Å². The van der Waals surface area contributed by atoms with Gasteiger partial charge in [-0.1, -0.05) is 6.07 Å². The van der Waals surface area contributed by atoms with Crippen LogP contribution in [0.4, 0.5) is 5.69 Å². The largest absolute Gasteiger partial charge is 0.496 e. The summed E-state index contributed by atoms with van der Waals surface area (Å²) in [5.74, 6) is 0.772. The third-order valence-electron chi connectivity index (χ3n) is 2.91. The summed E-state index contributed by atoms with van der Waals surface area (Å²) in [6.07, 6.45) is 0. The molecule has 0 saturated carbocycles. The maximum absolute atomic E-state index is 11.8. The van der Waals surface area contributed by atoms with Crippen molar-refractivity contribution >= 4 is 11.6 Å². The summed E-state index contributed by atoms with van der Waals surface area (Å²) in [5.41, 5.74) is 0.241. The third kappa shape index (κ3) is 3.32. The lowest BCUT2D eigenvalue weighted by Gasteiger charge is -2.10. The number of rotatable bonds is 5. The van der Waals surface area contributed by atoms with E-state index in [4.69, 9.17) is 9.47 Å². The Morgan fingerprint density at radius 2 is 1.91 bits per heavy atom. The van der Waals surface area contributed by atoms with Gasteiger partial charge in [-0.3, -0.25) is 14.9 Å². The second-order valence-electron chi connectivity index (χ2n) is 4.30. The minimum atomic E-state index is -0.503. The fraction of sp³-hybridized carbons (Fsp3) is 0.133. The molecule has 7 nitrogen and oxygen atoms in total. The lowest BCUT2D eigenvalue weighted by atomic mass is 10.1. The molecule has 2 aromatic carbocycles. The Labute approximate surface area is 126 Å². The number of methoxy groups -OCH3 is 1. The van der Waals surface area contributed by atoms with Crippen LogP contribution in [0.2, 0.25) is 0 Å². The molecule has 0 fully saturated rings. The van der Waals surface area contributed by atoms with Crippen molar-refractivity contribution in [1.82, 2.24) is 5.32 Å². The molecule has 2 aromatic rings. The standard InChI is InChI=1S/C15H14N2O5/c1-16-15(18)13-9-12(6-7-14(13)21-2)22-11-5-3-4-10(8-11)17(19)20/h3-9H,1-2H3,(H,16,18). The summed E-state index contributed by atoms with van der Waals surface area (Å²) in [7, 11) is 2.97. The molecule has 0 aliphatic rings. The SMILES string of the molecule is CNC(=O)c1cc(Oc2cccc([N+](=O)[O-])c2)ccc1OC. The van der Waals surface area contributed by atoms with Gasteiger partial charge in [0.2, 0.25) is 0 Å². The molecule has 1 amide bonds. The molecule has 114 valence electrons. The van der Waals surface area contributed by atoms with Gasteiger partial charge in [-0.2, -0.15) is 0 Å². The van der Waals surface area contributed by atoms with Crippen LogP contribution < -0.4 is 14.8 Å². The van der Waals surface area contributed by atoms with Gasteiger partial charge in [0.1, 0.15) is 17.2 Å². The van der Waals surface area contributed by atoms with E-state index in [1.54, 1.807) is 18.2 Å². The number of hydrogen-bond donors (Lipinski definition) is 1. The average Bonchev–Trinajstić information content (AvgIpc) is 2.54. The molecule has 0 unspecified atom stereocenters. The Morgan fingerprint density at radius 1 is 1.18 bits per heavy atom. The van der Waals surface area contributed by atoms with Gasteiger partial charge < -0.3 is 14.8 Å². The molecule has 0 aliphatic heterocycles. The normalized spacial score (nSPS) is 9.91. The molecule has 22 heavy (non-hydrogen) atoms. The number of carbonyl (C=O) groups is 1. The van der Waals surface area contributed by atoms with Crippen LogP contribution in [0, 0.1) is 10.1 Å². The van der Waals surface area contributed by atoms with Crippen LogP contribution in [0.3, 0.4) is 0 Å². The molecular weight excluding hydrogens is 288 g/mol. The number of non-ortho nitro benzene ring substituents is 1. The van der Waals surface area contributed by atoms with Gasteiger partial charge in [-0.25, -0.2) is 0 Å². The molecule has 0 saturated heterocycles. The number of nitrogens with zero attached hydrogens (tertiary/aromatic N) is 1. The van der Waals surface area contributed by atoms with Gasteiger partial charge >= 0.3 is 0 Å². The van der Waals surface area contributed by atoms with E-state index in [-0.39, 0.29) is 11.6 Å². The van der Waals surface area contributed by atoms with Gasteiger partial charge in [0.25, 0.3) is 11.6 Å². The molecule has 0 radical (unpaired) electrons. The van der Waals surface area contributed by atoms with Crippen LogP contribution >= 0.6 is 0 Å². The lowest BCUT2D eigenvalue weighted by molar-refractivity contribution is -0.384. The van der Waals surface area contributed by atoms with Crippen molar-refractivity contribution in [2.75, 3.05) is 14.2 Å². The second-order valence-corrected chi connectivity index (χ2v) is 4.30. The van der Waals surface area contributed by atoms with Gasteiger partial charge in [-0.05, 0) is 24.3 Å². The Morgan fingerprint density at radius 3 is 2.55 bits per heavy atom. The molecule has 0 heterocycles. The van der Waals surface area contributed by atoms with Crippen LogP contribution in [0.25, 0.3) is 0 Å². The van der Waals surface area contributed by atoms with Crippen molar-refractivity contribution in [1.29, 1.82) is 0 Å². The highest BCUT2D eigenvalue weighted by molar-refractivity contribution is 5.97. The molecule has 1 N–H and O–H groups in total. The number of nitro benzene ring substituents is 1. The number of nitrogens with one attached hydrogen (secondary N) is 1. The number of ether oxygens (including phenoxy) is 2. The molecule has 0 atom stereocenters. The first kappa shape index (κ1) is 15.3. The summed E-state index contributed by atoms with van der Waals surface area (Å²) in [6, 6.07) is 10.5. The van der Waals surface area contributed by atoms with E-state index in [0.29, 0.717) is 22.8 Å². The molecule has 0 spiro atoms. The molecular formula is C15H14N2O5. The average molecular weight is 302 g/mol. The van der Waals surface area contributed by atoms with Gasteiger partial charge in [0, 0.05) is 13.1 Å². The molecule has 0 aliphatic carbocycles. The first-order chi connectivity index (χ1) is 10.5. The Kier molecular flexibility index (Phi) is 4.57. The summed E-state index contributed by atoms with van der Waals surface area (Å²) in [4.78, 5) is 22.1. The van der Waals surface area contributed by atoms with Gasteiger partial charge in [0.15, 0.2) is 0 Å². The van der Waals surface area contributed by atoms with Crippen molar-refractivity contribution < 1.29 is 19.2 Å². The van der Waals surface area contributed by atoms with E-state index < -0.39 is 4.92 Å². The van der Waals surface area contributed by atoms with E-state index in [2.05, 4.69) is 5.32 Å². The van der Waals surface area contributed by atoms with Gasteiger partial charge in [0.05, 0.1) is 23.7 Å². The fourth-order valence-corrected chi connectivity index (χ4v) is 1.86. The van der Waals surface area contributed by atoms with E-state index >= 15 is 0 Å². The number of hydrogen-bond acceptors (Lipinski definition) is 5. The second kappa shape index (κ2) is 6.57. The smallest absolute Gasteiger partial charge is 0.273 e. The molecule has 7 heteroatoms. The highest BCUT2D eigenvalue weighted by atomic mass is 16.6. The minimum absolute atomic E-state index is 0.0717. The fourth-order valence-electron chi connectivity index (χ4n) is 1.86. The zero-order chi connectivity index (χ0) is 16.1. The van der Waals surface area contributed by atoms with Crippen LogP contribution in [-0.4, -0.2) is 25.0 Å². The van der Waals surface area contributed by atoms with Crippen molar-refractivity contribution in [3.05, 3.63) is 58.1 Å². The summed E-state index contributed by atoms with van der Waals surface area (Å²) < 4.78 is 10.7. The molecule has 0 bridgehead atoms. The zero-order valence-electron chi connectivity index (χ0n) is 12.0. The minimum Gasteiger partial charge on any atom is -0.496 e. The first-order valence-electron chi connectivity index (χ1n) is 6.37. The highest BCUT2D eigenvalue weighted by Crippen LogP contribution is 2.29.